The summed E-state index contributed by atoms with van der Waals surface area (Å²) in [6, 6.07) is 25.6. The number of thiophene rings is 6. The first-order valence-corrected chi connectivity index (χ1v) is 18.8. The SMILES string of the molecule is Cc1ccc(-c2ccc(-c3ccc(C4=C5C(=O)N(C)C(c6ccc(-c7ccc(-c8ccc(C)s8)s7)s6)=C5C(=O)N4C)s3)s2)s1. The van der Waals surface area contributed by atoms with Crippen LogP contribution in [0.15, 0.2) is 83.9 Å². The number of hydrogen-bond donors (Lipinski definition) is 0. The summed E-state index contributed by atoms with van der Waals surface area (Å²) in [6.07, 6.45) is 0. The van der Waals surface area contributed by atoms with Gasteiger partial charge < -0.3 is 9.80 Å². The zero-order chi connectivity index (χ0) is 30.3. The number of hydrogen-bond acceptors (Lipinski definition) is 8. The molecule has 44 heavy (non-hydrogen) atoms. The summed E-state index contributed by atoms with van der Waals surface area (Å²) >= 11 is 10.4. The van der Waals surface area contributed by atoms with Crippen LogP contribution in [0.4, 0.5) is 0 Å². The summed E-state index contributed by atoms with van der Waals surface area (Å²) in [5.74, 6) is -0.267. The molecule has 0 unspecified atom stereocenters. The average Bonchev–Trinajstić information content (AvgIpc) is 3.83. The van der Waals surface area contributed by atoms with Gasteiger partial charge in [0, 0.05) is 62.9 Å². The van der Waals surface area contributed by atoms with Crippen LogP contribution < -0.4 is 0 Å². The molecule has 218 valence electrons. The molecule has 6 aromatic rings. The van der Waals surface area contributed by atoms with Gasteiger partial charge in [0.05, 0.1) is 32.3 Å². The van der Waals surface area contributed by atoms with E-state index in [1.165, 1.54) is 39.0 Å². The number of aryl methyl sites for hydroxylation is 2. The smallest absolute Gasteiger partial charge is 0.261 e. The molecule has 2 aliphatic rings. The molecule has 0 radical (unpaired) electrons. The summed E-state index contributed by atoms with van der Waals surface area (Å²) in [4.78, 5) is 45.0. The first-order chi connectivity index (χ1) is 21.3. The molecule has 0 N–H and O–H groups in total. The Morgan fingerprint density at radius 2 is 0.636 bits per heavy atom. The third kappa shape index (κ3) is 4.47. The quantitative estimate of drug-likeness (QED) is 0.175. The topological polar surface area (TPSA) is 40.6 Å². The molecule has 0 saturated heterocycles. The standard InChI is InChI=1S/C34H24N2O2S6/c1-17-5-7-19(39-17)21-9-11-23(41-21)25-13-15-27(43-25)31-29-30(34(38)35(31)3)32(36(4)33(29)37)28-16-14-26(44-28)24-12-10-22(42-24)20-8-6-18(2)40-20/h5-16H,1-4H3. The fourth-order valence-electron chi connectivity index (χ4n) is 5.64. The monoisotopic (exact) mass is 684 g/mol. The number of likely N-dealkylation sites (N-methyl/N-ethyl adjacent to an activating group) is 2. The second kappa shape index (κ2) is 10.6. The van der Waals surface area contributed by atoms with Crippen molar-refractivity contribution in [1.82, 2.24) is 9.80 Å². The lowest BCUT2D eigenvalue weighted by atomic mass is 10.1. The molecular formula is C34H24N2O2S6. The van der Waals surface area contributed by atoms with Crippen molar-refractivity contribution in [1.29, 1.82) is 0 Å². The molecule has 0 atom stereocenters. The zero-order valence-electron chi connectivity index (χ0n) is 24.1. The van der Waals surface area contributed by atoms with Crippen LogP contribution in [0.5, 0.6) is 0 Å². The third-order valence-electron chi connectivity index (χ3n) is 7.77. The van der Waals surface area contributed by atoms with Crippen molar-refractivity contribution in [3.8, 4) is 39.0 Å². The first-order valence-electron chi connectivity index (χ1n) is 13.9. The Labute approximate surface area is 279 Å². The van der Waals surface area contributed by atoms with Gasteiger partial charge in [-0.25, -0.2) is 0 Å². The number of rotatable bonds is 6. The Morgan fingerprint density at radius 1 is 0.386 bits per heavy atom. The lowest BCUT2D eigenvalue weighted by Crippen LogP contribution is -2.24. The van der Waals surface area contributed by atoms with E-state index in [4.69, 9.17) is 0 Å². The minimum absolute atomic E-state index is 0.134. The highest BCUT2D eigenvalue weighted by atomic mass is 32.1. The largest absolute Gasteiger partial charge is 0.309 e. The van der Waals surface area contributed by atoms with Gasteiger partial charge in [0.2, 0.25) is 0 Å². The van der Waals surface area contributed by atoms with Crippen molar-refractivity contribution in [2.45, 2.75) is 13.8 Å². The van der Waals surface area contributed by atoms with Gasteiger partial charge in [-0.15, -0.1) is 68.0 Å². The molecule has 2 aliphatic heterocycles. The maximum absolute atomic E-state index is 13.8. The van der Waals surface area contributed by atoms with E-state index in [2.05, 4.69) is 74.5 Å². The van der Waals surface area contributed by atoms with E-state index in [-0.39, 0.29) is 11.8 Å². The first kappa shape index (κ1) is 28.1. The Balaban J connectivity index is 1.15. The predicted molar refractivity (Wildman–Crippen MR) is 191 cm³/mol. The van der Waals surface area contributed by atoms with Gasteiger partial charge in [-0.3, -0.25) is 9.59 Å². The van der Waals surface area contributed by atoms with E-state index in [0.717, 1.165) is 19.5 Å². The maximum atomic E-state index is 13.8. The lowest BCUT2D eigenvalue weighted by molar-refractivity contribution is -0.123. The molecule has 0 fully saturated rings. The molecule has 8 heterocycles. The summed E-state index contributed by atoms with van der Waals surface area (Å²) < 4.78 is 0. The van der Waals surface area contributed by atoms with E-state index < -0.39 is 0 Å². The molecule has 10 heteroatoms. The van der Waals surface area contributed by atoms with Crippen molar-refractivity contribution in [2.24, 2.45) is 0 Å². The number of carbonyl (C=O) groups is 2. The lowest BCUT2D eigenvalue weighted by Gasteiger charge is -2.18. The van der Waals surface area contributed by atoms with Crippen LogP contribution in [-0.4, -0.2) is 35.7 Å². The van der Waals surface area contributed by atoms with Crippen molar-refractivity contribution >= 4 is 91.2 Å². The molecule has 2 amide bonds. The maximum Gasteiger partial charge on any atom is 0.261 e. The van der Waals surface area contributed by atoms with Crippen molar-refractivity contribution in [2.75, 3.05) is 14.1 Å². The van der Waals surface area contributed by atoms with Crippen molar-refractivity contribution < 1.29 is 9.59 Å². The number of carbonyl (C=O) groups excluding carboxylic acids is 2. The van der Waals surface area contributed by atoms with E-state index in [9.17, 15) is 9.59 Å². The van der Waals surface area contributed by atoms with Crippen LogP contribution in [0.2, 0.25) is 0 Å². The average molecular weight is 685 g/mol. The van der Waals surface area contributed by atoms with E-state index in [1.54, 1.807) is 91.9 Å². The van der Waals surface area contributed by atoms with Gasteiger partial charge in [0.25, 0.3) is 11.8 Å². The van der Waals surface area contributed by atoms with Crippen LogP contribution in [0.25, 0.3) is 50.4 Å². The fourth-order valence-corrected chi connectivity index (χ4v) is 11.9. The van der Waals surface area contributed by atoms with E-state index in [0.29, 0.717) is 22.5 Å². The van der Waals surface area contributed by atoms with E-state index >= 15 is 0 Å². The van der Waals surface area contributed by atoms with E-state index in [1.807, 2.05) is 12.1 Å². The molecule has 6 aromatic heterocycles. The summed E-state index contributed by atoms with van der Waals surface area (Å²) in [6.45, 7) is 4.25. The summed E-state index contributed by atoms with van der Waals surface area (Å²) in [5.41, 5.74) is 2.41. The minimum atomic E-state index is -0.134. The molecule has 0 bridgehead atoms. The number of fused-ring (bicyclic) bond motifs is 1. The normalized spacial score (nSPS) is 15.1. The van der Waals surface area contributed by atoms with Gasteiger partial charge >= 0.3 is 0 Å². The molecule has 0 aromatic carbocycles. The highest BCUT2D eigenvalue weighted by molar-refractivity contribution is 7.27. The zero-order valence-corrected chi connectivity index (χ0v) is 29.0. The van der Waals surface area contributed by atoms with Gasteiger partial charge in [-0.05, 0) is 86.6 Å². The molecule has 0 spiro atoms. The highest BCUT2D eigenvalue weighted by Gasteiger charge is 2.47. The van der Waals surface area contributed by atoms with Crippen LogP contribution in [-0.2, 0) is 9.59 Å². The Bertz CT molecular complexity index is 2040. The Kier molecular flexibility index (Phi) is 6.78. The molecule has 4 nitrogen and oxygen atoms in total. The minimum Gasteiger partial charge on any atom is -0.309 e. The van der Waals surface area contributed by atoms with Crippen molar-refractivity contribution in [3.63, 3.8) is 0 Å². The van der Waals surface area contributed by atoms with Gasteiger partial charge in [0.1, 0.15) is 0 Å². The van der Waals surface area contributed by atoms with Crippen LogP contribution in [0.3, 0.4) is 0 Å². The number of nitrogens with zero attached hydrogens (tertiary/aromatic N) is 2. The second-order valence-corrected chi connectivity index (χ2v) is 17.6. The van der Waals surface area contributed by atoms with Crippen LogP contribution in [0.1, 0.15) is 19.5 Å². The Hall–Kier alpha value is -3.38. The third-order valence-corrected chi connectivity index (χ3v) is 14.9. The molecule has 0 saturated carbocycles. The van der Waals surface area contributed by atoms with Crippen LogP contribution in [0, 0.1) is 13.8 Å². The fraction of sp³-hybridized carbons (Fsp3) is 0.118. The van der Waals surface area contributed by atoms with Gasteiger partial charge in [0.15, 0.2) is 0 Å². The Morgan fingerprint density at radius 3 is 0.932 bits per heavy atom. The van der Waals surface area contributed by atoms with Crippen LogP contribution >= 0.6 is 68.0 Å². The van der Waals surface area contributed by atoms with Gasteiger partial charge in [-0.1, -0.05) is 0 Å². The molecule has 0 aliphatic carbocycles. The summed E-state index contributed by atoms with van der Waals surface area (Å²) in [5, 5.41) is 0. The van der Waals surface area contributed by atoms with Gasteiger partial charge in [-0.2, -0.15) is 0 Å². The highest BCUT2D eigenvalue weighted by Crippen LogP contribution is 2.50. The molecule has 8 rings (SSSR count). The number of amides is 2. The second-order valence-electron chi connectivity index (χ2n) is 10.7. The molecular weight excluding hydrogens is 661 g/mol. The van der Waals surface area contributed by atoms with Crippen molar-refractivity contribution in [3.05, 3.63) is 103 Å². The summed E-state index contributed by atoms with van der Waals surface area (Å²) in [7, 11) is 3.56. The predicted octanol–water partition coefficient (Wildman–Crippen LogP) is 10.4.